The van der Waals surface area contributed by atoms with Gasteiger partial charge >= 0.3 is 0 Å². The second-order valence-corrected chi connectivity index (χ2v) is 7.02. The molecule has 2 heterocycles. The number of aryl methyl sites for hydroxylation is 1. The highest BCUT2D eigenvalue weighted by Gasteiger charge is 2.10. The van der Waals surface area contributed by atoms with Gasteiger partial charge in [-0.1, -0.05) is 34.7 Å². The van der Waals surface area contributed by atoms with Crippen molar-refractivity contribution in [1.29, 1.82) is 0 Å². The minimum atomic E-state index is 0.0785. The summed E-state index contributed by atoms with van der Waals surface area (Å²) in [5, 5.41) is 8.74. The number of hydrogen-bond acceptors (Lipinski definition) is 6. The molecule has 2 rings (SSSR count). The maximum Gasteiger partial charge on any atom is 0.183 e. The van der Waals surface area contributed by atoms with Crippen LogP contribution in [0.25, 0.3) is 0 Å². The van der Waals surface area contributed by atoms with Crippen LogP contribution in [-0.4, -0.2) is 21.7 Å². The Labute approximate surface area is 110 Å². The van der Waals surface area contributed by atoms with E-state index in [1.54, 1.807) is 12.1 Å². The maximum absolute atomic E-state index is 11.7. The van der Waals surface area contributed by atoms with Crippen LogP contribution in [0, 0.1) is 6.92 Å². The van der Waals surface area contributed by atoms with Gasteiger partial charge in [-0.3, -0.25) is 4.79 Å². The number of ketones is 1. The summed E-state index contributed by atoms with van der Waals surface area (Å²) >= 11 is 9.98. The average Bonchev–Trinajstić information content (AvgIpc) is 2.84. The monoisotopic (exact) mass is 290 g/mol. The summed E-state index contributed by atoms with van der Waals surface area (Å²) < 4.78 is 1.47. The highest BCUT2D eigenvalue weighted by molar-refractivity contribution is 8.01. The number of nitrogens with zero attached hydrogens (tertiary/aromatic N) is 2. The van der Waals surface area contributed by atoms with Gasteiger partial charge < -0.3 is 0 Å². The molecule has 2 aromatic rings. The lowest BCUT2D eigenvalue weighted by molar-refractivity contribution is 0.102. The van der Waals surface area contributed by atoms with E-state index in [1.165, 1.54) is 34.4 Å². The van der Waals surface area contributed by atoms with E-state index in [2.05, 4.69) is 10.2 Å². The van der Waals surface area contributed by atoms with E-state index < -0.39 is 0 Å². The van der Waals surface area contributed by atoms with Gasteiger partial charge in [0, 0.05) is 0 Å². The van der Waals surface area contributed by atoms with Crippen LogP contribution in [0.15, 0.2) is 16.5 Å². The summed E-state index contributed by atoms with van der Waals surface area (Å²) in [6.07, 6.45) is 0. The van der Waals surface area contributed by atoms with Crippen LogP contribution >= 0.6 is 46.0 Å². The smallest absolute Gasteiger partial charge is 0.183 e. The largest absolute Gasteiger partial charge is 0.292 e. The van der Waals surface area contributed by atoms with Crippen molar-refractivity contribution in [2.24, 2.45) is 0 Å². The fraction of sp³-hybridized carbons (Fsp3) is 0.222. The van der Waals surface area contributed by atoms with Gasteiger partial charge in [0.25, 0.3) is 0 Å². The number of aromatic nitrogens is 2. The topological polar surface area (TPSA) is 42.9 Å². The summed E-state index contributed by atoms with van der Waals surface area (Å²) in [6.45, 7) is 1.89. The van der Waals surface area contributed by atoms with Crippen molar-refractivity contribution in [1.82, 2.24) is 10.2 Å². The van der Waals surface area contributed by atoms with Gasteiger partial charge in [-0.25, -0.2) is 0 Å². The Hall–Kier alpha value is -0.430. The number of hydrogen-bond donors (Lipinski definition) is 0. The van der Waals surface area contributed by atoms with Gasteiger partial charge in [0.2, 0.25) is 0 Å². The molecule has 0 N–H and O–H groups in total. The third-order valence-corrected chi connectivity index (χ3v) is 4.93. The lowest BCUT2D eigenvalue weighted by atomic mass is 10.4. The average molecular weight is 291 g/mol. The fourth-order valence-corrected chi connectivity index (χ4v) is 3.77. The lowest BCUT2D eigenvalue weighted by Crippen LogP contribution is -1.98. The Morgan fingerprint density at radius 1 is 1.44 bits per heavy atom. The van der Waals surface area contributed by atoms with Crippen molar-refractivity contribution >= 4 is 51.8 Å². The fourth-order valence-electron chi connectivity index (χ4n) is 0.999. The third kappa shape index (κ3) is 3.04. The molecule has 0 amide bonds. The van der Waals surface area contributed by atoms with Gasteiger partial charge in [0.1, 0.15) is 5.01 Å². The zero-order chi connectivity index (χ0) is 11.5. The molecular formula is C9H7ClN2OS3. The van der Waals surface area contributed by atoms with Crippen LogP contribution < -0.4 is 0 Å². The summed E-state index contributed by atoms with van der Waals surface area (Å²) in [5.41, 5.74) is 0. The molecule has 0 bridgehead atoms. The summed E-state index contributed by atoms with van der Waals surface area (Å²) in [4.78, 5) is 12.4. The number of carbonyl (C=O) groups is 1. The normalized spacial score (nSPS) is 10.6. The van der Waals surface area contributed by atoms with Crippen LogP contribution in [-0.2, 0) is 0 Å². The molecule has 0 atom stereocenters. The van der Waals surface area contributed by atoms with E-state index in [-0.39, 0.29) is 5.78 Å². The molecule has 0 saturated carbocycles. The molecule has 16 heavy (non-hydrogen) atoms. The summed E-state index contributed by atoms with van der Waals surface area (Å²) in [7, 11) is 0. The van der Waals surface area contributed by atoms with Gasteiger partial charge in [-0.05, 0) is 19.1 Å². The highest BCUT2D eigenvalue weighted by atomic mass is 35.5. The molecule has 0 saturated heterocycles. The molecule has 3 nitrogen and oxygen atoms in total. The third-order valence-electron chi connectivity index (χ3n) is 1.68. The first-order chi connectivity index (χ1) is 7.65. The number of rotatable bonds is 4. The molecule has 7 heteroatoms. The molecule has 0 aromatic carbocycles. The number of carbonyl (C=O) groups excluding carboxylic acids is 1. The lowest BCUT2D eigenvalue weighted by Gasteiger charge is -1.93. The quantitative estimate of drug-likeness (QED) is 0.638. The van der Waals surface area contributed by atoms with E-state index in [0.29, 0.717) is 15.0 Å². The summed E-state index contributed by atoms with van der Waals surface area (Å²) in [6, 6.07) is 3.49. The standard InChI is InChI=1S/C9H7ClN2OS3/c1-5-11-12-9(15-5)14-4-6(13)7-2-3-8(10)16-7/h2-3H,4H2,1H3. The van der Waals surface area contributed by atoms with Crippen molar-refractivity contribution in [2.75, 3.05) is 5.75 Å². The van der Waals surface area contributed by atoms with Crippen LogP contribution in [0.1, 0.15) is 14.7 Å². The summed E-state index contributed by atoms with van der Waals surface area (Å²) in [5.74, 6) is 0.459. The molecule has 0 spiro atoms. The Morgan fingerprint density at radius 3 is 2.81 bits per heavy atom. The van der Waals surface area contributed by atoms with Crippen LogP contribution in [0.3, 0.4) is 0 Å². The highest BCUT2D eigenvalue weighted by Crippen LogP contribution is 2.26. The first-order valence-electron chi connectivity index (χ1n) is 4.36. The van der Waals surface area contributed by atoms with Gasteiger partial charge in [0.05, 0.1) is 15.0 Å². The molecule has 2 aromatic heterocycles. The molecule has 0 aliphatic carbocycles. The first kappa shape index (κ1) is 12.0. The van der Waals surface area contributed by atoms with Crippen molar-refractivity contribution in [3.63, 3.8) is 0 Å². The van der Waals surface area contributed by atoms with Gasteiger partial charge in [-0.15, -0.1) is 21.5 Å². The Balaban J connectivity index is 1.93. The van der Waals surface area contributed by atoms with Crippen molar-refractivity contribution < 1.29 is 4.79 Å². The number of Topliss-reactive ketones (excluding diaryl/α,β-unsaturated/α-hetero) is 1. The Kier molecular flexibility index (Phi) is 3.96. The Morgan fingerprint density at radius 2 is 2.25 bits per heavy atom. The Bertz CT molecular complexity index is 508. The van der Waals surface area contributed by atoms with E-state index in [9.17, 15) is 4.79 Å². The molecule has 84 valence electrons. The van der Waals surface area contributed by atoms with Crippen LogP contribution in [0.4, 0.5) is 0 Å². The van der Waals surface area contributed by atoms with E-state index >= 15 is 0 Å². The minimum Gasteiger partial charge on any atom is -0.292 e. The predicted molar refractivity (Wildman–Crippen MR) is 69.0 cm³/mol. The predicted octanol–water partition coefficient (Wildman–Crippen LogP) is 3.54. The second kappa shape index (κ2) is 5.27. The molecule has 0 fully saturated rings. The minimum absolute atomic E-state index is 0.0785. The van der Waals surface area contributed by atoms with Gasteiger partial charge in [0.15, 0.2) is 10.1 Å². The van der Waals surface area contributed by atoms with E-state index in [0.717, 1.165) is 9.35 Å². The molecule has 0 unspecified atom stereocenters. The molecule has 0 radical (unpaired) electrons. The zero-order valence-corrected chi connectivity index (χ0v) is 11.5. The molecular weight excluding hydrogens is 284 g/mol. The van der Waals surface area contributed by atoms with Gasteiger partial charge in [-0.2, -0.15) is 0 Å². The number of halogens is 1. The van der Waals surface area contributed by atoms with Crippen molar-refractivity contribution in [2.45, 2.75) is 11.3 Å². The SMILES string of the molecule is Cc1nnc(SCC(=O)c2ccc(Cl)s2)s1. The molecule has 0 aliphatic heterocycles. The van der Waals surface area contributed by atoms with Crippen LogP contribution in [0.5, 0.6) is 0 Å². The van der Waals surface area contributed by atoms with Crippen molar-refractivity contribution in [3.05, 3.63) is 26.4 Å². The van der Waals surface area contributed by atoms with E-state index in [1.807, 2.05) is 6.92 Å². The van der Waals surface area contributed by atoms with Crippen molar-refractivity contribution in [3.8, 4) is 0 Å². The number of thiophene rings is 1. The van der Waals surface area contributed by atoms with E-state index in [4.69, 9.17) is 11.6 Å². The molecule has 0 aliphatic rings. The number of thioether (sulfide) groups is 1. The maximum atomic E-state index is 11.7. The second-order valence-electron chi connectivity index (χ2n) is 2.90. The van der Waals surface area contributed by atoms with Crippen LogP contribution in [0.2, 0.25) is 4.34 Å². The first-order valence-corrected chi connectivity index (χ1v) is 7.36. The zero-order valence-electron chi connectivity index (χ0n) is 8.27.